The lowest BCUT2D eigenvalue weighted by Gasteiger charge is -2.07. The van der Waals surface area contributed by atoms with Crippen LogP contribution in [-0.2, 0) is 6.54 Å². The quantitative estimate of drug-likeness (QED) is 0.643. The van der Waals surface area contributed by atoms with E-state index in [1.165, 1.54) is 18.2 Å². The first-order valence-electron chi connectivity index (χ1n) is 6.09. The number of nitrogens with one attached hydrogen (secondary N) is 1. The number of hydrogen-bond acceptors (Lipinski definition) is 6. The molecule has 0 aliphatic heterocycles. The number of nitrogens with two attached hydrogens (primary N) is 1. The van der Waals surface area contributed by atoms with E-state index < -0.39 is 10.8 Å². The molecule has 8 nitrogen and oxygen atoms in total. The van der Waals surface area contributed by atoms with Crippen molar-refractivity contribution < 1.29 is 9.72 Å². The highest BCUT2D eigenvalue weighted by Gasteiger charge is 2.14. The van der Waals surface area contributed by atoms with E-state index in [0.717, 1.165) is 0 Å². The minimum absolute atomic E-state index is 0.0222. The summed E-state index contributed by atoms with van der Waals surface area (Å²) in [6.07, 6.45) is 0. The Labute approximate surface area is 120 Å². The molecule has 3 N–H and O–H groups in total. The summed E-state index contributed by atoms with van der Waals surface area (Å²) >= 11 is 0. The molecule has 0 radical (unpaired) electrons. The summed E-state index contributed by atoms with van der Waals surface area (Å²) < 4.78 is 0. The van der Waals surface area contributed by atoms with Gasteiger partial charge in [-0.1, -0.05) is 12.1 Å². The molecule has 1 aromatic heterocycles. The number of benzene rings is 1. The van der Waals surface area contributed by atoms with E-state index in [9.17, 15) is 14.9 Å². The summed E-state index contributed by atoms with van der Waals surface area (Å²) in [6.45, 7) is 1.81. The summed E-state index contributed by atoms with van der Waals surface area (Å²) in [5, 5.41) is 20.7. The van der Waals surface area contributed by atoms with Gasteiger partial charge in [-0.2, -0.15) is 0 Å². The lowest BCUT2D eigenvalue weighted by Crippen LogP contribution is -2.24. The third kappa shape index (κ3) is 3.30. The van der Waals surface area contributed by atoms with Gasteiger partial charge in [0, 0.05) is 18.2 Å². The molecule has 0 bridgehead atoms. The maximum absolute atomic E-state index is 11.9. The number of rotatable bonds is 4. The highest BCUT2D eigenvalue weighted by molar-refractivity contribution is 5.92. The van der Waals surface area contributed by atoms with Gasteiger partial charge in [0.2, 0.25) is 0 Å². The van der Waals surface area contributed by atoms with E-state index in [-0.39, 0.29) is 23.7 Å². The Morgan fingerprint density at radius 3 is 2.71 bits per heavy atom. The number of nitro groups is 1. The average Bonchev–Trinajstić information content (AvgIpc) is 2.46. The van der Waals surface area contributed by atoms with Crippen LogP contribution in [-0.4, -0.2) is 21.0 Å². The summed E-state index contributed by atoms with van der Waals surface area (Å²) in [6, 6.07) is 7.65. The van der Waals surface area contributed by atoms with Gasteiger partial charge in [0.05, 0.1) is 4.92 Å². The molecule has 0 spiro atoms. The number of carbonyl (C=O) groups is 1. The van der Waals surface area contributed by atoms with Crippen LogP contribution in [0, 0.1) is 17.0 Å². The Kier molecular flexibility index (Phi) is 4.07. The van der Waals surface area contributed by atoms with E-state index in [2.05, 4.69) is 15.5 Å². The second-order valence-corrected chi connectivity index (χ2v) is 4.34. The molecule has 108 valence electrons. The molecule has 1 amide bonds. The number of nitrogens with zero attached hydrogens (tertiary/aromatic N) is 3. The van der Waals surface area contributed by atoms with E-state index in [1.54, 1.807) is 19.1 Å². The van der Waals surface area contributed by atoms with E-state index in [0.29, 0.717) is 11.1 Å². The molecule has 0 fully saturated rings. The maximum Gasteiger partial charge on any atom is 0.272 e. The summed E-state index contributed by atoms with van der Waals surface area (Å²) in [4.78, 5) is 22.3. The smallest absolute Gasteiger partial charge is 0.272 e. The molecule has 21 heavy (non-hydrogen) atoms. The maximum atomic E-state index is 11.9. The normalized spacial score (nSPS) is 10.1. The highest BCUT2D eigenvalue weighted by atomic mass is 16.6. The SMILES string of the molecule is Cc1c(CNC(=O)c2ccc(N)nn2)cccc1[N+](=O)[O-]. The Balaban J connectivity index is 2.10. The topological polar surface area (TPSA) is 124 Å². The van der Waals surface area contributed by atoms with Gasteiger partial charge in [0.25, 0.3) is 11.6 Å². The fourth-order valence-electron chi connectivity index (χ4n) is 1.79. The predicted octanol–water partition coefficient (Wildman–Crippen LogP) is 1.21. The molecule has 8 heteroatoms. The minimum Gasteiger partial charge on any atom is -0.382 e. The summed E-state index contributed by atoms with van der Waals surface area (Å²) in [7, 11) is 0. The standard InChI is InChI=1S/C13H13N5O3/c1-8-9(3-2-4-11(8)18(20)21)7-15-13(19)10-5-6-12(14)17-16-10/h2-6H,7H2,1H3,(H2,14,17)(H,15,19). The van der Waals surface area contributed by atoms with Gasteiger partial charge in [-0.25, -0.2) is 0 Å². The number of carbonyl (C=O) groups excluding carboxylic acids is 1. The first-order valence-corrected chi connectivity index (χ1v) is 6.09. The number of amides is 1. The second-order valence-electron chi connectivity index (χ2n) is 4.34. The molecule has 0 saturated carbocycles. The van der Waals surface area contributed by atoms with Crippen molar-refractivity contribution in [2.75, 3.05) is 5.73 Å². The third-order valence-electron chi connectivity index (χ3n) is 2.97. The highest BCUT2D eigenvalue weighted by Crippen LogP contribution is 2.20. The first kappa shape index (κ1) is 14.4. The van der Waals surface area contributed by atoms with Crippen LogP contribution in [0.4, 0.5) is 11.5 Å². The van der Waals surface area contributed by atoms with Crippen LogP contribution in [0.1, 0.15) is 21.6 Å². The van der Waals surface area contributed by atoms with Crippen LogP contribution in [0.25, 0.3) is 0 Å². The Hall–Kier alpha value is -3.03. The Morgan fingerprint density at radius 1 is 1.33 bits per heavy atom. The largest absolute Gasteiger partial charge is 0.382 e. The summed E-state index contributed by atoms with van der Waals surface area (Å²) in [5.74, 6) is -0.200. The van der Waals surface area contributed by atoms with Gasteiger partial charge in [-0.3, -0.25) is 14.9 Å². The van der Waals surface area contributed by atoms with Crippen LogP contribution < -0.4 is 11.1 Å². The molecule has 0 saturated heterocycles. The van der Waals surface area contributed by atoms with Crippen molar-refractivity contribution in [3.8, 4) is 0 Å². The molecule has 1 aromatic carbocycles. The van der Waals surface area contributed by atoms with Crippen LogP contribution >= 0.6 is 0 Å². The van der Waals surface area contributed by atoms with E-state index in [1.807, 2.05) is 0 Å². The van der Waals surface area contributed by atoms with Gasteiger partial charge in [0.1, 0.15) is 5.82 Å². The van der Waals surface area contributed by atoms with Crippen molar-refractivity contribution in [1.29, 1.82) is 0 Å². The molecule has 1 heterocycles. The monoisotopic (exact) mass is 287 g/mol. The number of anilines is 1. The zero-order chi connectivity index (χ0) is 15.4. The molecule has 2 rings (SSSR count). The lowest BCUT2D eigenvalue weighted by molar-refractivity contribution is -0.385. The third-order valence-corrected chi connectivity index (χ3v) is 2.97. The van der Waals surface area contributed by atoms with Crippen LogP contribution in [0.5, 0.6) is 0 Å². The number of nitrogen functional groups attached to an aromatic ring is 1. The first-order chi connectivity index (χ1) is 9.99. The Morgan fingerprint density at radius 2 is 2.10 bits per heavy atom. The van der Waals surface area contributed by atoms with Gasteiger partial charge in [0.15, 0.2) is 5.69 Å². The predicted molar refractivity (Wildman–Crippen MR) is 75.4 cm³/mol. The lowest BCUT2D eigenvalue weighted by atomic mass is 10.1. The van der Waals surface area contributed by atoms with Crippen LogP contribution in [0.3, 0.4) is 0 Å². The molecular weight excluding hydrogens is 274 g/mol. The van der Waals surface area contributed by atoms with Gasteiger partial charge in [-0.05, 0) is 24.6 Å². The van der Waals surface area contributed by atoms with Crippen molar-refractivity contribution in [2.45, 2.75) is 13.5 Å². The van der Waals surface area contributed by atoms with Crippen LogP contribution in [0.15, 0.2) is 30.3 Å². The minimum atomic E-state index is -0.452. The van der Waals surface area contributed by atoms with E-state index >= 15 is 0 Å². The molecule has 2 aromatic rings. The average molecular weight is 287 g/mol. The van der Waals surface area contributed by atoms with Crippen molar-refractivity contribution in [1.82, 2.24) is 15.5 Å². The van der Waals surface area contributed by atoms with Crippen LogP contribution in [0.2, 0.25) is 0 Å². The second kappa shape index (κ2) is 5.95. The number of hydrogen-bond donors (Lipinski definition) is 2. The van der Waals surface area contributed by atoms with Gasteiger partial charge >= 0.3 is 0 Å². The Bertz CT molecular complexity index is 685. The van der Waals surface area contributed by atoms with E-state index in [4.69, 9.17) is 5.73 Å². The zero-order valence-corrected chi connectivity index (χ0v) is 11.2. The van der Waals surface area contributed by atoms with Crippen molar-refractivity contribution in [2.24, 2.45) is 0 Å². The van der Waals surface area contributed by atoms with Crippen molar-refractivity contribution in [3.05, 3.63) is 57.3 Å². The molecular formula is C13H13N5O3. The fourth-order valence-corrected chi connectivity index (χ4v) is 1.79. The number of nitro benzene ring substituents is 1. The molecule has 0 atom stereocenters. The summed E-state index contributed by atoms with van der Waals surface area (Å²) in [5.41, 5.74) is 6.73. The molecule has 0 aliphatic rings. The number of aromatic nitrogens is 2. The molecule has 0 aliphatic carbocycles. The fraction of sp³-hybridized carbons (Fsp3) is 0.154. The van der Waals surface area contributed by atoms with Gasteiger partial charge in [-0.15, -0.1) is 10.2 Å². The zero-order valence-electron chi connectivity index (χ0n) is 11.2. The molecule has 0 unspecified atom stereocenters. The van der Waals surface area contributed by atoms with Crippen molar-refractivity contribution in [3.63, 3.8) is 0 Å². The van der Waals surface area contributed by atoms with Gasteiger partial charge < -0.3 is 11.1 Å². The van der Waals surface area contributed by atoms with Crippen molar-refractivity contribution >= 4 is 17.4 Å².